The average molecular weight is 474 g/mol. The van der Waals surface area contributed by atoms with Crippen molar-refractivity contribution in [1.82, 2.24) is 4.31 Å². The molecular formula is C24H31N3O5S. The van der Waals surface area contributed by atoms with E-state index in [1.807, 2.05) is 30.1 Å². The Hall–Kier alpha value is -2.78. The van der Waals surface area contributed by atoms with Gasteiger partial charge in [-0.25, -0.2) is 8.42 Å². The lowest BCUT2D eigenvalue weighted by Crippen LogP contribution is -2.42. The second-order valence-corrected chi connectivity index (χ2v) is 10.4. The number of carbonyl (C=O) groups excluding carboxylic acids is 1. The van der Waals surface area contributed by atoms with Gasteiger partial charge in [0.15, 0.2) is 11.5 Å². The lowest BCUT2D eigenvalue weighted by Gasteiger charge is -2.32. The Morgan fingerprint density at radius 2 is 1.70 bits per heavy atom. The Balaban J connectivity index is 1.52. The van der Waals surface area contributed by atoms with Crippen LogP contribution in [0.15, 0.2) is 41.3 Å². The van der Waals surface area contributed by atoms with Crippen molar-refractivity contribution in [3.8, 4) is 11.5 Å². The first-order valence-corrected chi connectivity index (χ1v) is 12.7. The molecule has 1 amide bonds. The summed E-state index contributed by atoms with van der Waals surface area (Å²) in [5.74, 6) is 1.19. The average Bonchev–Trinajstić information content (AvgIpc) is 3.38. The number of hydrogen-bond donors (Lipinski definition) is 0. The first kappa shape index (κ1) is 23.4. The van der Waals surface area contributed by atoms with Gasteiger partial charge in [0.05, 0.1) is 25.7 Å². The molecule has 178 valence electrons. The summed E-state index contributed by atoms with van der Waals surface area (Å²) in [6, 6.07) is 10.7. The van der Waals surface area contributed by atoms with Crippen LogP contribution in [0, 0.1) is 0 Å². The first-order chi connectivity index (χ1) is 15.8. The summed E-state index contributed by atoms with van der Waals surface area (Å²) in [4.78, 5) is 17.2. The minimum absolute atomic E-state index is 0.0385. The van der Waals surface area contributed by atoms with Crippen molar-refractivity contribution in [1.29, 1.82) is 0 Å². The van der Waals surface area contributed by atoms with E-state index in [0.717, 1.165) is 42.6 Å². The van der Waals surface area contributed by atoms with E-state index in [-0.39, 0.29) is 12.5 Å². The summed E-state index contributed by atoms with van der Waals surface area (Å²) in [5, 5.41) is 0. The second-order valence-electron chi connectivity index (χ2n) is 8.45. The van der Waals surface area contributed by atoms with E-state index in [1.165, 1.54) is 0 Å². The van der Waals surface area contributed by atoms with Crippen molar-refractivity contribution in [3.63, 3.8) is 0 Å². The summed E-state index contributed by atoms with van der Waals surface area (Å²) in [7, 11) is 1.54. The number of rotatable bonds is 7. The predicted molar refractivity (Wildman–Crippen MR) is 128 cm³/mol. The largest absolute Gasteiger partial charge is 0.493 e. The van der Waals surface area contributed by atoms with Crippen molar-refractivity contribution in [2.45, 2.75) is 30.6 Å². The van der Waals surface area contributed by atoms with Crippen LogP contribution in [0.1, 0.15) is 24.8 Å². The zero-order valence-electron chi connectivity index (χ0n) is 19.4. The van der Waals surface area contributed by atoms with Gasteiger partial charge in [-0.05, 0) is 61.6 Å². The number of aryl methyl sites for hydroxylation is 1. The van der Waals surface area contributed by atoms with Crippen molar-refractivity contribution in [2.75, 3.05) is 57.2 Å². The van der Waals surface area contributed by atoms with Gasteiger partial charge >= 0.3 is 0 Å². The Morgan fingerprint density at radius 1 is 0.970 bits per heavy atom. The molecule has 1 fully saturated rings. The molecule has 0 aromatic heterocycles. The zero-order valence-corrected chi connectivity index (χ0v) is 20.2. The van der Waals surface area contributed by atoms with E-state index in [1.54, 1.807) is 41.6 Å². The molecule has 2 aromatic rings. The highest BCUT2D eigenvalue weighted by atomic mass is 32.2. The summed E-state index contributed by atoms with van der Waals surface area (Å²) in [6.07, 6.45) is 3.36. The van der Waals surface area contributed by atoms with Gasteiger partial charge in [0, 0.05) is 44.1 Å². The Bertz CT molecular complexity index is 1130. The standard InChI is InChI=1S/C24H31N3O5S/c1-25(19-8-11-22(31-2)23(16-19)32-3)17-24(28)27-14-6-7-18-15-20(9-10-21(18)27)33(29,30)26-12-4-5-13-26/h8-11,15-16H,4-7,12-14,17H2,1-3H3. The molecule has 2 aliphatic heterocycles. The quantitative estimate of drug-likeness (QED) is 0.615. The maximum absolute atomic E-state index is 13.2. The Labute approximate surface area is 195 Å². The Kier molecular flexibility index (Phi) is 6.81. The van der Waals surface area contributed by atoms with E-state index in [9.17, 15) is 13.2 Å². The van der Waals surface area contributed by atoms with Crippen molar-refractivity contribution in [3.05, 3.63) is 42.0 Å². The van der Waals surface area contributed by atoms with Crippen molar-refractivity contribution >= 4 is 27.3 Å². The lowest BCUT2D eigenvalue weighted by atomic mass is 10.0. The predicted octanol–water partition coefficient (Wildman–Crippen LogP) is 2.90. The second kappa shape index (κ2) is 9.61. The van der Waals surface area contributed by atoms with E-state index in [2.05, 4.69) is 0 Å². The molecule has 2 heterocycles. The number of benzene rings is 2. The van der Waals surface area contributed by atoms with Gasteiger partial charge in [0.2, 0.25) is 15.9 Å². The fraction of sp³-hybridized carbons (Fsp3) is 0.458. The molecule has 0 N–H and O–H groups in total. The van der Waals surface area contributed by atoms with Crippen LogP contribution in [-0.4, -0.2) is 66.1 Å². The van der Waals surface area contributed by atoms with Crippen LogP contribution in [0.2, 0.25) is 0 Å². The fourth-order valence-electron chi connectivity index (χ4n) is 4.51. The molecule has 33 heavy (non-hydrogen) atoms. The zero-order chi connectivity index (χ0) is 23.6. The third kappa shape index (κ3) is 4.65. The topological polar surface area (TPSA) is 79.4 Å². The van der Waals surface area contributed by atoms with E-state index in [4.69, 9.17) is 9.47 Å². The number of nitrogens with zero attached hydrogens (tertiary/aromatic N) is 3. The van der Waals surface area contributed by atoms with Gasteiger partial charge in [-0.15, -0.1) is 0 Å². The molecule has 2 aliphatic rings. The summed E-state index contributed by atoms with van der Waals surface area (Å²) >= 11 is 0. The SMILES string of the molecule is COc1ccc(N(C)CC(=O)N2CCCc3cc(S(=O)(=O)N4CCCC4)ccc32)cc1OC. The van der Waals surface area contributed by atoms with Crippen molar-refractivity contribution in [2.24, 2.45) is 0 Å². The molecule has 0 saturated carbocycles. The molecule has 9 heteroatoms. The number of carbonyl (C=O) groups is 1. The molecule has 0 unspecified atom stereocenters. The van der Waals surface area contributed by atoms with Crippen LogP contribution < -0.4 is 19.3 Å². The molecule has 0 atom stereocenters. The minimum atomic E-state index is -3.48. The van der Waals surface area contributed by atoms with Gasteiger partial charge in [-0.3, -0.25) is 4.79 Å². The number of hydrogen-bond acceptors (Lipinski definition) is 6. The molecule has 0 aliphatic carbocycles. The van der Waals surface area contributed by atoms with Gasteiger partial charge in [-0.2, -0.15) is 4.31 Å². The maximum Gasteiger partial charge on any atom is 0.246 e. The van der Waals surface area contributed by atoms with Crippen LogP contribution in [0.3, 0.4) is 0 Å². The number of likely N-dealkylation sites (N-methyl/N-ethyl adjacent to an activating group) is 1. The van der Waals surface area contributed by atoms with E-state index < -0.39 is 10.0 Å². The number of anilines is 2. The number of sulfonamides is 1. The highest BCUT2D eigenvalue weighted by molar-refractivity contribution is 7.89. The first-order valence-electron chi connectivity index (χ1n) is 11.2. The van der Waals surface area contributed by atoms with Crippen LogP contribution in [0.4, 0.5) is 11.4 Å². The molecule has 0 spiro atoms. The van der Waals surface area contributed by atoms with Gasteiger partial charge in [0.25, 0.3) is 0 Å². The molecular weight excluding hydrogens is 442 g/mol. The number of ether oxygens (including phenoxy) is 2. The summed E-state index contributed by atoms with van der Waals surface area (Å²) in [6.45, 7) is 1.95. The normalized spacial score (nSPS) is 16.4. The van der Waals surface area contributed by atoms with E-state index >= 15 is 0 Å². The minimum Gasteiger partial charge on any atom is -0.493 e. The van der Waals surface area contributed by atoms with Gasteiger partial charge in [0.1, 0.15) is 0 Å². The van der Waals surface area contributed by atoms with E-state index in [0.29, 0.717) is 36.0 Å². The number of amides is 1. The van der Waals surface area contributed by atoms with Crippen LogP contribution >= 0.6 is 0 Å². The van der Waals surface area contributed by atoms with Crippen LogP contribution in [0.25, 0.3) is 0 Å². The third-order valence-electron chi connectivity index (χ3n) is 6.35. The molecule has 0 bridgehead atoms. The lowest BCUT2D eigenvalue weighted by molar-refractivity contribution is -0.117. The molecule has 4 rings (SSSR count). The molecule has 8 nitrogen and oxygen atoms in total. The molecule has 2 aromatic carbocycles. The smallest absolute Gasteiger partial charge is 0.246 e. The fourth-order valence-corrected chi connectivity index (χ4v) is 6.08. The van der Waals surface area contributed by atoms with Crippen LogP contribution in [-0.2, 0) is 21.2 Å². The van der Waals surface area contributed by atoms with Crippen molar-refractivity contribution < 1.29 is 22.7 Å². The third-order valence-corrected chi connectivity index (χ3v) is 8.25. The summed E-state index contributed by atoms with van der Waals surface area (Å²) < 4.78 is 38.1. The number of methoxy groups -OCH3 is 2. The number of fused-ring (bicyclic) bond motifs is 1. The Morgan fingerprint density at radius 3 is 2.39 bits per heavy atom. The molecule has 1 saturated heterocycles. The van der Waals surface area contributed by atoms with Crippen LogP contribution in [0.5, 0.6) is 11.5 Å². The van der Waals surface area contributed by atoms with Gasteiger partial charge in [-0.1, -0.05) is 0 Å². The summed E-state index contributed by atoms with van der Waals surface area (Å²) in [5.41, 5.74) is 2.54. The highest BCUT2D eigenvalue weighted by Crippen LogP contribution is 2.33. The highest BCUT2D eigenvalue weighted by Gasteiger charge is 2.30. The maximum atomic E-state index is 13.2. The van der Waals surface area contributed by atoms with Gasteiger partial charge < -0.3 is 19.3 Å². The monoisotopic (exact) mass is 473 g/mol. The molecule has 0 radical (unpaired) electrons.